The first-order valence-corrected chi connectivity index (χ1v) is 8.37. The highest BCUT2D eigenvalue weighted by molar-refractivity contribution is 6.35. The number of hydrazone groups is 1. The minimum atomic E-state index is -0.857. The molecule has 142 valence electrons. The van der Waals surface area contributed by atoms with Crippen LogP contribution < -0.4 is 21.0 Å². The van der Waals surface area contributed by atoms with Crippen molar-refractivity contribution in [2.24, 2.45) is 11.0 Å². The van der Waals surface area contributed by atoms with Crippen LogP contribution in [-0.4, -0.2) is 44.1 Å². The molecule has 0 saturated carbocycles. The summed E-state index contributed by atoms with van der Waals surface area (Å²) in [6.45, 7) is 5.85. The average Bonchev–Trinajstić information content (AvgIpc) is 2.57. The lowest BCUT2D eigenvalue weighted by Gasteiger charge is -2.13. The highest BCUT2D eigenvalue weighted by atomic mass is 16.2. The van der Waals surface area contributed by atoms with Gasteiger partial charge in [-0.25, -0.2) is 5.43 Å². The van der Waals surface area contributed by atoms with Gasteiger partial charge in [-0.15, -0.1) is 0 Å². The van der Waals surface area contributed by atoms with Crippen LogP contribution in [0.25, 0.3) is 0 Å². The van der Waals surface area contributed by atoms with E-state index in [9.17, 15) is 14.4 Å². The van der Waals surface area contributed by atoms with E-state index in [0.29, 0.717) is 17.9 Å². The fourth-order valence-corrected chi connectivity index (χ4v) is 1.89. The van der Waals surface area contributed by atoms with E-state index in [1.165, 1.54) is 0 Å². The van der Waals surface area contributed by atoms with Crippen molar-refractivity contribution in [3.8, 4) is 0 Å². The standard InChI is InChI=1S/C18H27N5O3/c1-12(2)11-19-17(25)18(26)22-21-13(3)10-16(24)20-14-6-8-15(9-7-14)23(4)5/h6-9,12H,10-11H2,1-5H3,(H,19,25)(H,20,24)(H,22,26)/b21-13-. The van der Waals surface area contributed by atoms with Gasteiger partial charge in [0.25, 0.3) is 0 Å². The smallest absolute Gasteiger partial charge is 0.329 e. The third-order valence-corrected chi connectivity index (χ3v) is 3.31. The van der Waals surface area contributed by atoms with Gasteiger partial charge in [0.15, 0.2) is 0 Å². The van der Waals surface area contributed by atoms with Gasteiger partial charge < -0.3 is 15.5 Å². The number of nitrogens with one attached hydrogen (secondary N) is 3. The van der Waals surface area contributed by atoms with E-state index < -0.39 is 11.8 Å². The summed E-state index contributed by atoms with van der Waals surface area (Å²) in [4.78, 5) is 37.1. The molecule has 8 heteroatoms. The molecule has 0 aromatic heterocycles. The Hall–Kier alpha value is -2.90. The van der Waals surface area contributed by atoms with Crippen LogP contribution in [0.5, 0.6) is 0 Å². The Morgan fingerprint density at radius 1 is 1.08 bits per heavy atom. The number of carbonyl (C=O) groups excluding carboxylic acids is 3. The molecule has 0 unspecified atom stereocenters. The molecule has 3 amide bonds. The van der Waals surface area contributed by atoms with E-state index in [0.717, 1.165) is 5.69 Å². The van der Waals surface area contributed by atoms with Crippen LogP contribution in [0.3, 0.4) is 0 Å². The summed E-state index contributed by atoms with van der Waals surface area (Å²) in [7, 11) is 3.87. The number of hydrogen-bond donors (Lipinski definition) is 3. The van der Waals surface area contributed by atoms with Crippen molar-refractivity contribution in [3.05, 3.63) is 24.3 Å². The largest absolute Gasteiger partial charge is 0.378 e. The van der Waals surface area contributed by atoms with E-state index in [4.69, 9.17) is 0 Å². The van der Waals surface area contributed by atoms with Gasteiger partial charge in [-0.3, -0.25) is 14.4 Å². The van der Waals surface area contributed by atoms with E-state index >= 15 is 0 Å². The van der Waals surface area contributed by atoms with Crippen molar-refractivity contribution >= 4 is 34.8 Å². The second-order valence-corrected chi connectivity index (χ2v) is 6.56. The molecule has 0 heterocycles. The first-order chi connectivity index (χ1) is 12.2. The number of nitrogens with zero attached hydrogens (tertiary/aromatic N) is 2. The zero-order valence-corrected chi connectivity index (χ0v) is 15.9. The van der Waals surface area contributed by atoms with Crippen LogP contribution in [-0.2, 0) is 14.4 Å². The maximum Gasteiger partial charge on any atom is 0.329 e. The monoisotopic (exact) mass is 361 g/mol. The summed E-state index contributed by atoms with van der Waals surface area (Å²) >= 11 is 0. The van der Waals surface area contributed by atoms with Crippen molar-refractivity contribution < 1.29 is 14.4 Å². The second kappa shape index (κ2) is 10.2. The van der Waals surface area contributed by atoms with Crippen molar-refractivity contribution in [2.75, 3.05) is 30.9 Å². The van der Waals surface area contributed by atoms with Crippen LogP contribution in [0.2, 0.25) is 0 Å². The molecule has 0 aliphatic heterocycles. The molecule has 26 heavy (non-hydrogen) atoms. The predicted octanol–water partition coefficient (Wildman–Crippen LogP) is 1.35. The lowest BCUT2D eigenvalue weighted by Crippen LogP contribution is -2.39. The highest BCUT2D eigenvalue weighted by Gasteiger charge is 2.13. The van der Waals surface area contributed by atoms with Gasteiger partial charge >= 0.3 is 11.8 Å². The van der Waals surface area contributed by atoms with Crippen molar-refractivity contribution in [3.63, 3.8) is 0 Å². The number of anilines is 2. The number of rotatable bonds is 7. The second-order valence-electron chi connectivity index (χ2n) is 6.56. The number of benzene rings is 1. The lowest BCUT2D eigenvalue weighted by molar-refractivity contribution is -0.139. The number of hydrogen-bond acceptors (Lipinski definition) is 5. The minimum Gasteiger partial charge on any atom is -0.378 e. The Kier molecular flexibility index (Phi) is 8.27. The van der Waals surface area contributed by atoms with Gasteiger partial charge in [0, 0.05) is 37.7 Å². The van der Waals surface area contributed by atoms with Crippen molar-refractivity contribution in [2.45, 2.75) is 27.2 Å². The topological polar surface area (TPSA) is 103 Å². The van der Waals surface area contributed by atoms with Crippen LogP contribution in [0.1, 0.15) is 27.2 Å². The van der Waals surface area contributed by atoms with Gasteiger partial charge in [-0.2, -0.15) is 5.10 Å². The Labute approximate surface area is 154 Å². The maximum absolute atomic E-state index is 12.0. The molecular formula is C18H27N5O3. The Balaban J connectivity index is 2.46. The summed E-state index contributed by atoms with van der Waals surface area (Å²) in [5.41, 5.74) is 4.23. The first kappa shape index (κ1) is 21.1. The summed E-state index contributed by atoms with van der Waals surface area (Å²) in [5, 5.41) is 9.02. The van der Waals surface area contributed by atoms with Crippen molar-refractivity contribution in [1.29, 1.82) is 0 Å². The summed E-state index contributed by atoms with van der Waals surface area (Å²) in [6, 6.07) is 7.40. The highest BCUT2D eigenvalue weighted by Crippen LogP contribution is 2.15. The fraction of sp³-hybridized carbons (Fsp3) is 0.444. The van der Waals surface area contributed by atoms with E-state index in [1.54, 1.807) is 19.1 Å². The zero-order valence-electron chi connectivity index (χ0n) is 15.9. The van der Waals surface area contributed by atoms with E-state index in [1.807, 2.05) is 45.0 Å². The van der Waals surface area contributed by atoms with Gasteiger partial charge in [0.05, 0.1) is 6.42 Å². The quantitative estimate of drug-likeness (QED) is 0.387. The number of carbonyl (C=O) groups is 3. The van der Waals surface area contributed by atoms with Gasteiger partial charge in [-0.05, 0) is 37.1 Å². The molecule has 0 saturated heterocycles. The molecule has 1 aromatic rings. The van der Waals surface area contributed by atoms with Gasteiger partial charge in [-0.1, -0.05) is 13.8 Å². The molecule has 0 spiro atoms. The van der Waals surface area contributed by atoms with Gasteiger partial charge in [0.1, 0.15) is 0 Å². The third kappa shape index (κ3) is 7.78. The molecule has 0 atom stereocenters. The fourth-order valence-electron chi connectivity index (χ4n) is 1.89. The normalized spacial score (nSPS) is 11.1. The molecule has 8 nitrogen and oxygen atoms in total. The molecule has 3 N–H and O–H groups in total. The van der Waals surface area contributed by atoms with Gasteiger partial charge in [0.2, 0.25) is 5.91 Å². The molecule has 0 radical (unpaired) electrons. The molecular weight excluding hydrogens is 334 g/mol. The average molecular weight is 361 g/mol. The summed E-state index contributed by atoms with van der Waals surface area (Å²) in [5.74, 6) is -1.62. The third-order valence-electron chi connectivity index (χ3n) is 3.31. The summed E-state index contributed by atoms with van der Waals surface area (Å²) in [6.07, 6.45) is 0.00330. The molecule has 0 aliphatic rings. The SMILES string of the molecule is C/C(CC(=O)Nc1ccc(N(C)C)cc1)=N/NC(=O)C(=O)NCC(C)C. The Bertz CT molecular complexity index is 666. The van der Waals surface area contributed by atoms with Crippen LogP contribution in [0.4, 0.5) is 11.4 Å². The predicted molar refractivity (Wildman–Crippen MR) is 103 cm³/mol. The molecule has 0 bridgehead atoms. The Morgan fingerprint density at radius 2 is 1.69 bits per heavy atom. The van der Waals surface area contributed by atoms with Crippen LogP contribution in [0, 0.1) is 5.92 Å². The first-order valence-electron chi connectivity index (χ1n) is 8.37. The lowest BCUT2D eigenvalue weighted by atomic mass is 10.2. The summed E-state index contributed by atoms with van der Waals surface area (Å²) < 4.78 is 0. The minimum absolute atomic E-state index is 0.00330. The van der Waals surface area contributed by atoms with Crippen LogP contribution >= 0.6 is 0 Å². The maximum atomic E-state index is 12.0. The molecule has 1 aromatic carbocycles. The molecule has 1 rings (SSSR count). The zero-order chi connectivity index (χ0) is 19.7. The van der Waals surface area contributed by atoms with E-state index in [-0.39, 0.29) is 18.2 Å². The van der Waals surface area contributed by atoms with Crippen molar-refractivity contribution in [1.82, 2.24) is 10.7 Å². The van der Waals surface area contributed by atoms with E-state index in [2.05, 4.69) is 21.2 Å². The Morgan fingerprint density at radius 3 is 2.23 bits per heavy atom. The number of amides is 3. The van der Waals surface area contributed by atoms with Crippen LogP contribution in [0.15, 0.2) is 29.4 Å². The molecule has 0 aliphatic carbocycles. The molecule has 0 fully saturated rings.